The number of fused-ring (bicyclic) bond motifs is 2. The van der Waals surface area contributed by atoms with E-state index in [-0.39, 0.29) is 5.91 Å². The Bertz CT molecular complexity index is 584. The highest BCUT2D eigenvalue weighted by Gasteiger charge is 2.55. The summed E-state index contributed by atoms with van der Waals surface area (Å²) in [6.07, 6.45) is 8.55. The van der Waals surface area contributed by atoms with Gasteiger partial charge in [0, 0.05) is 17.1 Å². The summed E-state index contributed by atoms with van der Waals surface area (Å²) in [5, 5.41) is 0.595. The van der Waals surface area contributed by atoms with Gasteiger partial charge < -0.3 is 14.4 Å². The zero-order valence-electron chi connectivity index (χ0n) is 14.4. The number of halogens is 1. The lowest BCUT2D eigenvalue weighted by atomic mass is 10.1. The number of anilines is 1. The molecule has 5 heteroatoms. The minimum Gasteiger partial charge on any atom is -0.336 e. The maximum absolute atomic E-state index is 12.9. The summed E-state index contributed by atoms with van der Waals surface area (Å²) in [6.45, 7) is 3.80. The summed E-state index contributed by atoms with van der Waals surface area (Å²) in [5.41, 5.74) is 1.62. The van der Waals surface area contributed by atoms with E-state index in [9.17, 15) is 4.79 Å². The fourth-order valence-electron chi connectivity index (χ4n) is 3.55. The van der Waals surface area contributed by atoms with E-state index < -0.39 is 5.79 Å². The van der Waals surface area contributed by atoms with Crippen LogP contribution in [0.4, 0.5) is 5.69 Å². The maximum atomic E-state index is 12.9. The topological polar surface area (TPSA) is 38.8 Å². The highest BCUT2D eigenvalue weighted by Crippen LogP contribution is 2.46. The molecule has 1 aromatic carbocycles. The summed E-state index contributed by atoms with van der Waals surface area (Å²) in [7, 11) is 0. The Morgan fingerprint density at radius 1 is 1.08 bits per heavy atom. The lowest BCUT2D eigenvalue weighted by Crippen LogP contribution is -2.41. The van der Waals surface area contributed by atoms with Crippen molar-refractivity contribution in [3.63, 3.8) is 0 Å². The van der Waals surface area contributed by atoms with Crippen molar-refractivity contribution in [3.05, 3.63) is 28.8 Å². The second kappa shape index (κ2) is 7.85. The van der Waals surface area contributed by atoms with E-state index in [0.29, 0.717) is 24.8 Å². The summed E-state index contributed by atoms with van der Waals surface area (Å²) in [5.74, 6) is -1.37. The zero-order valence-corrected chi connectivity index (χ0v) is 15.1. The van der Waals surface area contributed by atoms with Gasteiger partial charge in [0.05, 0.1) is 18.9 Å². The van der Waals surface area contributed by atoms with Gasteiger partial charge in [0.1, 0.15) is 0 Å². The molecule has 0 unspecified atom stereocenters. The number of carbonyl (C=O) groups excluding carboxylic acids is 1. The van der Waals surface area contributed by atoms with E-state index >= 15 is 0 Å². The second-order valence-corrected chi connectivity index (χ2v) is 6.99. The van der Waals surface area contributed by atoms with Crippen molar-refractivity contribution in [2.75, 3.05) is 24.7 Å². The molecule has 24 heavy (non-hydrogen) atoms. The molecule has 2 aliphatic heterocycles. The molecule has 3 rings (SSSR count). The second-order valence-electron chi connectivity index (χ2n) is 6.55. The Hall–Kier alpha value is -1.10. The molecule has 1 saturated heterocycles. The first-order chi connectivity index (χ1) is 11.7. The maximum Gasteiger partial charge on any atom is 0.292 e. The Kier molecular flexibility index (Phi) is 5.80. The zero-order chi connectivity index (χ0) is 17.0. The molecule has 0 bridgehead atoms. The minimum absolute atomic E-state index is 0.108. The Balaban J connectivity index is 1.63. The van der Waals surface area contributed by atoms with Crippen molar-refractivity contribution >= 4 is 23.2 Å². The number of rotatable bonds is 8. The van der Waals surface area contributed by atoms with Crippen molar-refractivity contribution in [1.29, 1.82) is 0 Å². The van der Waals surface area contributed by atoms with Crippen LogP contribution in [0.1, 0.15) is 57.4 Å². The van der Waals surface area contributed by atoms with Gasteiger partial charge in [-0.15, -0.1) is 0 Å². The molecular formula is C19H26ClNO3. The molecule has 1 spiro atoms. The van der Waals surface area contributed by atoms with E-state index in [4.69, 9.17) is 21.1 Å². The first kappa shape index (κ1) is 17.7. The van der Waals surface area contributed by atoms with Crippen LogP contribution in [0.15, 0.2) is 18.2 Å². The van der Waals surface area contributed by atoms with Gasteiger partial charge in [-0.3, -0.25) is 4.79 Å². The summed E-state index contributed by atoms with van der Waals surface area (Å²) < 4.78 is 11.5. The Morgan fingerprint density at radius 2 is 1.75 bits per heavy atom. The van der Waals surface area contributed by atoms with Gasteiger partial charge in [-0.1, -0.05) is 57.0 Å². The Morgan fingerprint density at radius 3 is 2.46 bits per heavy atom. The van der Waals surface area contributed by atoms with Crippen LogP contribution in [0.2, 0.25) is 5.02 Å². The number of nitrogens with zero attached hydrogens (tertiary/aromatic N) is 1. The number of hydrogen-bond acceptors (Lipinski definition) is 3. The van der Waals surface area contributed by atoms with E-state index in [2.05, 4.69) is 6.92 Å². The van der Waals surface area contributed by atoms with Crippen LogP contribution in [0, 0.1) is 0 Å². The number of unbranched alkanes of at least 4 members (excludes halogenated alkanes) is 6. The van der Waals surface area contributed by atoms with Crippen LogP contribution in [0.3, 0.4) is 0 Å². The molecule has 0 atom stereocenters. The average Bonchev–Trinajstić information content (AvgIpc) is 3.15. The van der Waals surface area contributed by atoms with Crippen LogP contribution >= 0.6 is 11.6 Å². The van der Waals surface area contributed by atoms with E-state index in [0.717, 1.165) is 24.1 Å². The van der Waals surface area contributed by atoms with Crippen LogP contribution in [0.5, 0.6) is 0 Å². The predicted octanol–water partition coefficient (Wildman–Crippen LogP) is 4.64. The highest BCUT2D eigenvalue weighted by molar-refractivity contribution is 6.31. The molecule has 4 nitrogen and oxygen atoms in total. The van der Waals surface area contributed by atoms with Crippen molar-refractivity contribution < 1.29 is 14.3 Å². The number of amides is 1. The van der Waals surface area contributed by atoms with Crippen molar-refractivity contribution in [1.82, 2.24) is 0 Å². The van der Waals surface area contributed by atoms with E-state index in [1.165, 1.54) is 32.1 Å². The third-order valence-electron chi connectivity index (χ3n) is 4.81. The molecular weight excluding hydrogens is 326 g/mol. The molecule has 2 heterocycles. The first-order valence-electron chi connectivity index (χ1n) is 9.09. The van der Waals surface area contributed by atoms with Gasteiger partial charge in [-0.05, 0) is 24.6 Å². The lowest BCUT2D eigenvalue weighted by Gasteiger charge is -2.22. The van der Waals surface area contributed by atoms with Gasteiger partial charge in [-0.2, -0.15) is 0 Å². The van der Waals surface area contributed by atoms with Gasteiger partial charge in [-0.25, -0.2) is 0 Å². The van der Waals surface area contributed by atoms with E-state index in [1.807, 2.05) is 17.0 Å². The van der Waals surface area contributed by atoms with Gasteiger partial charge in [0.2, 0.25) is 0 Å². The molecule has 2 aliphatic rings. The van der Waals surface area contributed by atoms with Gasteiger partial charge in [0.15, 0.2) is 0 Å². The summed E-state index contributed by atoms with van der Waals surface area (Å²) >= 11 is 6.13. The van der Waals surface area contributed by atoms with Crippen LogP contribution in [-0.2, 0) is 20.1 Å². The van der Waals surface area contributed by atoms with Crippen LogP contribution in [-0.4, -0.2) is 25.7 Å². The SMILES string of the molecule is CCCCCCCCCN1C(=O)C2(OCCO2)c2cc(Cl)ccc21. The van der Waals surface area contributed by atoms with Crippen LogP contribution in [0.25, 0.3) is 0 Å². The number of hydrogen-bond donors (Lipinski definition) is 0. The predicted molar refractivity (Wildman–Crippen MR) is 95.4 cm³/mol. The Labute approximate surface area is 149 Å². The van der Waals surface area contributed by atoms with E-state index in [1.54, 1.807) is 6.07 Å². The third-order valence-corrected chi connectivity index (χ3v) is 5.05. The molecule has 1 aromatic rings. The molecule has 1 amide bonds. The fraction of sp³-hybridized carbons (Fsp3) is 0.632. The molecule has 1 fully saturated rings. The third kappa shape index (κ3) is 3.32. The molecule has 0 aliphatic carbocycles. The molecule has 0 radical (unpaired) electrons. The standard InChI is InChI=1S/C19H26ClNO3/c1-2-3-4-5-6-7-8-11-21-17-10-9-15(20)14-16(17)19(18(21)22)23-12-13-24-19/h9-10,14H,2-8,11-13H2,1H3. The van der Waals surface area contributed by atoms with Crippen molar-refractivity contribution in [2.24, 2.45) is 0 Å². The van der Waals surface area contributed by atoms with Gasteiger partial charge in [0.25, 0.3) is 11.7 Å². The molecule has 0 N–H and O–H groups in total. The number of benzene rings is 1. The normalized spacial score (nSPS) is 18.6. The molecule has 132 valence electrons. The minimum atomic E-state index is -1.26. The van der Waals surface area contributed by atoms with Crippen molar-refractivity contribution in [3.8, 4) is 0 Å². The van der Waals surface area contributed by atoms with Gasteiger partial charge >= 0.3 is 0 Å². The monoisotopic (exact) mass is 351 g/mol. The summed E-state index contributed by atoms with van der Waals surface area (Å²) in [6, 6.07) is 5.51. The molecule has 0 aromatic heterocycles. The smallest absolute Gasteiger partial charge is 0.292 e. The quantitative estimate of drug-likeness (QED) is 0.640. The fourth-order valence-corrected chi connectivity index (χ4v) is 3.72. The number of carbonyl (C=O) groups is 1. The highest BCUT2D eigenvalue weighted by atomic mass is 35.5. The number of ether oxygens (including phenoxy) is 2. The molecule has 0 saturated carbocycles. The first-order valence-corrected chi connectivity index (χ1v) is 9.47. The van der Waals surface area contributed by atoms with Crippen LogP contribution < -0.4 is 4.90 Å². The largest absolute Gasteiger partial charge is 0.336 e. The average molecular weight is 352 g/mol. The lowest BCUT2D eigenvalue weighted by molar-refractivity contribution is -0.180. The van der Waals surface area contributed by atoms with Crippen molar-refractivity contribution in [2.45, 2.75) is 57.7 Å². The summed E-state index contributed by atoms with van der Waals surface area (Å²) in [4.78, 5) is 14.7.